The van der Waals surface area contributed by atoms with Crippen molar-refractivity contribution in [2.75, 3.05) is 0 Å². The fourth-order valence-electron chi connectivity index (χ4n) is 1.57. The first-order valence-electron chi connectivity index (χ1n) is 4.52. The second kappa shape index (κ2) is 3.66. The van der Waals surface area contributed by atoms with E-state index in [0.29, 0.717) is 5.65 Å². The molecular weight excluding hydrogens is 260 g/mol. The molecule has 78 valence electrons. The van der Waals surface area contributed by atoms with E-state index in [1.165, 1.54) is 6.20 Å². The van der Waals surface area contributed by atoms with Crippen LogP contribution in [0, 0.1) is 0 Å². The van der Waals surface area contributed by atoms with Gasteiger partial charge in [0, 0.05) is 10.2 Å². The number of aryl methyl sites for hydroxylation is 1. The maximum Gasteiger partial charge on any atom is 0.354 e. The van der Waals surface area contributed by atoms with Crippen LogP contribution in [0.3, 0.4) is 0 Å². The number of aromatic carboxylic acids is 1. The zero-order valence-corrected chi connectivity index (χ0v) is 9.65. The molecule has 0 aliphatic heterocycles. The third kappa shape index (κ3) is 1.63. The molecule has 0 radical (unpaired) electrons. The number of hydrogen-bond donors (Lipinski definition) is 1. The first-order valence-corrected chi connectivity index (χ1v) is 5.32. The highest BCUT2D eigenvalue weighted by Gasteiger charge is 2.13. The predicted octanol–water partition coefficient (Wildman–Crippen LogP) is 2.36. The minimum absolute atomic E-state index is 0.203. The number of halogens is 1. The number of aromatic nitrogens is 2. The summed E-state index contributed by atoms with van der Waals surface area (Å²) < 4.78 is 2.57. The van der Waals surface area contributed by atoms with E-state index in [0.717, 1.165) is 16.6 Å². The summed E-state index contributed by atoms with van der Waals surface area (Å²) in [7, 11) is 0. The van der Waals surface area contributed by atoms with Gasteiger partial charge in [-0.1, -0.05) is 22.9 Å². The van der Waals surface area contributed by atoms with Crippen molar-refractivity contribution < 1.29 is 9.90 Å². The van der Waals surface area contributed by atoms with E-state index in [1.807, 2.05) is 13.0 Å². The molecule has 0 saturated carbocycles. The number of nitrogens with zero attached hydrogens (tertiary/aromatic N) is 2. The lowest BCUT2D eigenvalue weighted by molar-refractivity contribution is 0.0689. The van der Waals surface area contributed by atoms with Crippen LogP contribution in [0.15, 0.2) is 22.8 Å². The van der Waals surface area contributed by atoms with Gasteiger partial charge in [0.1, 0.15) is 5.65 Å². The molecule has 5 heteroatoms. The van der Waals surface area contributed by atoms with Crippen molar-refractivity contribution in [3.8, 4) is 0 Å². The van der Waals surface area contributed by atoms with Gasteiger partial charge in [0.15, 0.2) is 5.69 Å². The Morgan fingerprint density at radius 2 is 2.33 bits per heavy atom. The van der Waals surface area contributed by atoms with Crippen LogP contribution in [0.25, 0.3) is 5.65 Å². The van der Waals surface area contributed by atoms with Crippen LogP contribution >= 0.6 is 15.9 Å². The average Bonchev–Trinajstić information content (AvgIpc) is 2.59. The molecule has 0 aliphatic carbocycles. The van der Waals surface area contributed by atoms with E-state index in [2.05, 4.69) is 20.9 Å². The van der Waals surface area contributed by atoms with Crippen molar-refractivity contribution in [1.82, 2.24) is 9.38 Å². The SMILES string of the molecule is CCc1cc(Br)cc2ncc(C(=O)O)n12. The lowest BCUT2D eigenvalue weighted by Crippen LogP contribution is -2.05. The number of carboxylic acids is 1. The van der Waals surface area contributed by atoms with Crippen molar-refractivity contribution in [3.63, 3.8) is 0 Å². The van der Waals surface area contributed by atoms with Gasteiger partial charge in [0.2, 0.25) is 0 Å². The van der Waals surface area contributed by atoms with Crippen molar-refractivity contribution in [1.29, 1.82) is 0 Å². The maximum atomic E-state index is 11.0. The van der Waals surface area contributed by atoms with Gasteiger partial charge in [0.25, 0.3) is 0 Å². The molecule has 0 aliphatic rings. The van der Waals surface area contributed by atoms with Crippen molar-refractivity contribution in [3.05, 3.63) is 34.2 Å². The molecule has 0 aromatic carbocycles. The number of carboxylic acid groups (broad SMARTS) is 1. The highest BCUT2D eigenvalue weighted by atomic mass is 79.9. The Balaban J connectivity index is 2.83. The Labute approximate surface area is 94.7 Å². The second-order valence-corrected chi connectivity index (χ2v) is 4.08. The van der Waals surface area contributed by atoms with E-state index in [9.17, 15) is 4.79 Å². The molecule has 0 unspecified atom stereocenters. The van der Waals surface area contributed by atoms with Crippen LogP contribution in [0.2, 0.25) is 0 Å². The van der Waals surface area contributed by atoms with E-state index in [4.69, 9.17) is 5.11 Å². The Hall–Kier alpha value is -1.36. The lowest BCUT2D eigenvalue weighted by atomic mass is 10.3. The van der Waals surface area contributed by atoms with Gasteiger partial charge in [-0.3, -0.25) is 4.40 Å². The predicted molar refractivity (Wildman–Crippen MR) is 59.2 cm³/mol. The Morgan fingerprint density at radius 1 is 1.60 bits per heavy atom. The fourth-order valence-corrected chi connectivity index (χ4v) is 2.04. The molecule has 2 aromatic rings. The number of fused-ring (bicyclic) bond motifs is 1. The Kier molecular flexibility index (Phi) is 2.48. The first kappa shape index (κ1) is 10.2. The second-order valence-electron chi connectivity index (χ2n) is 3.16. The molecular formula is C10H9BrN2O2. The molecule has 0 atom stereocenters. The first-order chi connectivity index (χ1) is 7.13. The zero-order valence-electron chi connectivity index (χ0n) is 8.07. The van der Waals surface area contributed by atoms with E-state index in [1.54, 1.807) is 10.5 Å². The van der Waals surface area contributed by atoms with Gasteiger partial charge < -0.3 is 5.11 Å². The van der Waals surface area contributed by atoms with Gasteiger partial charge >= 0.3 is 5.97 Å². The van der Waals surface area contributed by atoms with Crippen LogP contribution in [0.1, 0.15) is 23.1 Å². The van der Waals surface area contributed by atoms with Crippen molar-refractivity contribution in [2.45, 2.75) is 13.3 Å². The third-order valence-corrected chi connectivity index (χ3v) is 2.69. The molecule has 0 spiro atoms. The molecule has 1 N–H and O–H groups in total. The minimum Gasteiger partial charge on any atom is -0.477 e. The molecule has 0 amide bonds. The van der Waals surface area contributed by atoms with E-state index >= 15 is 0 Å². The molecule has 0 fully saturated rings. The average molecular weight is 269 g/mol. The molecule has 0 saturated heterocycles. The summed E-state index contributed by atoms with van der Waals surface area (Å²) in [6.07, 6.45) is 2.13. The van der Waals surface area contributed by atoms with Gasteiger partial charge in [0.05, 0.1) is 6.20 Å². The summed E-state index contributed by atoms with van der Waals surface area (Å²) in [5.41, 5.74) is 1.78. The van der Waals surface area contributed by atoms with Crippen LogP contribution in [-0.2, 0) is 6.42 Å². The summed E-state index contributed by atoms with van der Waals surface area (Å²) in [6, 6.07) is 3.70. The highest BCUT2D eigenvalue weighted by Crippen LogP contribution is 2.18. The normalized spacial score (nSPS) is 10.8. The molecule has 4 nitrogen and oxygen atoms in total. The monoisotopic (exact) mass is 268 g/mol. The minimum atomic E-state index is -0.959. The van der Waals surface area contributed by atoms with Gasteiger partial charge in [-0.05, 0) is 18.6 Å². The maximum absolute atomic E-state index is 11.0. The summed E-state index contributed by atoms with van der Waals surface area (Å²) in [6.45, 7) is 1.98. The fraction of sp³-hybridized carbons (Fsp3) is 0.200. The number of pyridine rings is 1. The molecule has 0 bridgehead atoms. The summed E-state index contributed by atoms with van der Waals surface area (Å²) in [4.78, 5) is 15.0. The standard InChI is InChI=1S/C10H9BrN2O2/c1-2-7-3-6(11)4-9-12-5-8(10(14)15)13(7)9/h3-5H,2H2,1H3,(H,14,15). The van der Waals surface area contributed by atoms with Crippen molar-refractivity contribution in [2.24, 2.45) is 0 Å². The Morgan fingerprint density at radius 3 is 2.93 bits per heavy atom. The summed E-state index contributed by atoms with van der Waals surface area (Å²) in [5, 5.41) is 8.99. The third-order valence-electron chi connectivity index (χ3n) is 2.23. The molecule has 2 heterocycles. The summed E-state index contributed by atoms with van der Waals surface area (Å²) in [5.74, 6) is -0.959. The van der Waals surface area contributed by atoms with Gasteiger partial charge in [-0.2, -0.15) is 0 Å². The Bertz CT molecular complexity index is 533. The molecule has 2 rings (SSSR count). The van der Waals surface area contributed by atoms with E-state index < -0.39 is 5.97 Å². The smallest absolute Gasteiger partial charge is 0.354 e. The number of imidazole rings is 1. The topological polar surface area (TPSA) is 54.6 Å². The number of hydrogen-bond acceptors (Lipinski definition) is 2. The lowest BCUT2D eigenvalue weighted by Gasteiger charge is -2.05. The number of rotatable bonds is 2. The highest BCUT2D eigenvalue weighted by molar-refractivity contribution is 9.10. The largest absolute Gasteiger partial charge is 0.477 e. The van der Waals surface area contributed by atoms with Crippen LogP contribution in [0.5, 0.6) is 0 Å². The summed E-state index contributed by atoms with van der Waals surface area (Å²) >= 11 is 3.37. The van der Waals surface area contributed by atoms with Crippen LogP contribution < -0.4 is 0 Å². The molecule has 2 aromatic heterocycles. The van der Waals surface area contributed by atoms with Crippen LogP contribution in [-0.4, -0.2) is 20.5 Å². The van der Waals surface area contributed by atoms with Gasteiger partial charge in [-0.25, -0.2) is 9.78 Å². The van der Waals surface area contributed by atoms with Crippen molar-refractivity contribution >= 4 is 27.5 Å². The van der Waals surface area contributed by atoms with E-state index in [-0.39, 0.29) is 5.69 Å². The zero-order chi connectivity index (χ0) is 11.0. The number of carbonyl (C=O) groups is 1. The van der Waals surface area contributed by atoms with Crippen LogP contribution in [0.4, 0.5) is 0 Å². The van der Waals surface area contributed by atoms with Gasteiger partial charge in [-0.15, -0.1) is 0 Å². The quantitative estimate of drug-likeness (QED) is 0.910. The molecule has 15 heavy (non-hydrogen) atoms.